The standard InChI is InChI=1S/C17H30N2OS/c1-6-12(2)15-14(11-20)21-16(18-15)19(5)13-7-9-17(3,4)10-8-13/h12-13,20H,6-11H2,1-5H3. The minimum Gasteiger partial charge on any atom is -0.391 e. The largest absolute Gasteiger partial charge is 0.391 e. The Morgan fingerprint density at radius 2 is 2.00 bits per heavy atom. The minimum absolute atomic E-state index is 0.114. The van der Waals surface area contributed by atoms with Crippen molar-refractivity contribution in [2.45, 2.75) is 78.4 Å². The first-order valence-corrected chi connectivity index (χ1v) is 9.03. The Kier molecular flexibility index (Phi) is 5.31. The average Bonchev–Trinajstić information content (AvgIpc) is 2.90. The molecule has 0 aromatic carbocycles. The highest BCUT2D eigenvalue weighted by Crippen LogP contribution is 2.39. The minimum atomic E-state index is 0.114. The lowest BCUT2D eigenvalue weighted by atomic mass is 9.75. The van der Waals surface area contributed by atoms with Crippen LogP contribution < -0.4 is 4.90 Å². The monoisotopic (exact) mass is 310 g/mol. The van der Waals surface area contributed by atoms with Crippen LogP contribution in [0.1, 0.15) is 76.3 Å². The highest BCUT2D eigenvalue weighted by Gasteiger charge is 2.30. The van der Waals surface area contributed by atoms with E-state index < -0.39 is 0 Å². The molecule has 0 saturated heterocycles. The molecule has 1 aliphatic carbocycles. The third kappa shape index (κ3) is 3.78. The summed E-state index contributed by atoms with van der Waals surface area (Å²) in [5, 5.41) is 10.7. The molecule has 1 aromatic rings. The molecule has 4 heteroatoms. The van der Waals surface area contributed by atoms with E-state index >= 15 is 0 Å². The molecule has 21 heavy (non-hydrogen) atoms. The summed E-state index contributed by atoms with van der Waals surface area (Å²) >= 11 is 1.67. The molecule has 0 bridgehead atoms. The molecular weight excluding hydrogens is 280 g/mol. The fraction of sp³-hybridized carbons (Fsp3) is 0.824. The van der Waals surface area contributed by atoms with Crippen molar-refractivity contribution < 1.29 is 5.11 Å². The molecular formula is C17H30N2OS. The Morgan fingerprint density at radius 3 is 2.52 bits per heavy atom. The Labute approximate surface area is 133 Å². The average molecular weight is 311 g/mol. The molecule has 0 aliphatic heterocycles. The van der Waals surface area contributed by atoms with Gasteiger partial charge in [0, 0.05) is 13.1 Å². The van der Waals surface area contributed by atoms with Crippen LogP contribution in [0.2, 0.25) is 0 Å². The molecule has 2 rings (SSSR count). The molecule has 0 spiro atoms. The smallest absolute Gasteiger partial charge is 0.185 e. The van der Waals surface area contributed by atoms with Gasteiger partial charge in [-0.25, -0.2) is 4.98 Å². The second-order valence-corrected chi connectivity index (χ2v) is 8.34. The van der Waals surface area contributed by atoms with Gasteiger partial charge >= 0.3 is 0 Å². The van der Waals surface area contributed by atoms with Crippen LogP contribution in [0.25, 0.3) is 0 Å². The Bertz CT molecular complexity index is 459. The maximum atomic E-state index is 9.59. The summed E-state index contributed by atoms with van der Waals surface area (Å²) in [5.74, 6) is 0.427. The van der Waals surface area contributed by atoms with Crippen molar-refractivity contribution in [1.82, 2.24) is 4.98 Å². The van der Waals surface area contributed by atoms with Gasteiger partial charge in [0.15, 0.2) is 5.13 Å². The van der Waals surface area contributed by atoms with E-state index in [1.807, 2.05) is 0 Å². The van der Waals surface area contributed by atoms with Gasteiger partial charge in [0.25, 0.3) is 0 Å². The molecule has 1 N–H and O–H groups in total. The van der Waals surface area contributed by atoms with E-state index in [2.05, 4.69) is 39.6 Å². The fourth-order valence-electron chi connectivity index (χ4n) is 3.12. The highest BCUT2D eigenvalue weighted by molar-refractivity contribution is 7.15. The van der Waals surface area contributed by atoms with Gasteiger partial charge in [-0.05, 0) is 43.4 Å². The van der Waals surface area contributed by atoms with Crippen LogP contribution in [-0.4, -0.2) is 23.2 Å². The van der Waals surface area contributed by atoms with Gasteiger partial charge in [-0.15, -0.1) is 0 Å². The molecule has 1 aromatic heterocycles. The van der Waals surface area contributed by atoms with E-state index in [1.165, 1.54) is 25.7 Å². The van der Waals surface area contributed by atoms with E-state index in [4.69, 9.17) is 4.98 Å². The number of anilines is 1. The van der Waals surface area contributed by atoms with Crippen molar-refractivity contribution in [3.63, 3.8) is 0 Å². The molecule has 1 heterocycles. The molecule has 120 valence electrons. The molecule has 1 unspecified atom stereocenters. The van der Waals surface area contributed by atoms with Crippen LogP contribution in [0, 0.1) is 5.41 Å². The normalized spacial score (nSPS) is 20.5. The summed E-state index contributed by atoms with van der Waals surface area (Å²) in [6.07, 6.45) is 6.14. The van der Waals surface area contributed by atoms with Gasteiger partial charge in [-0.3, -0.25) is 0 Å². The predicted octanol–water partition coefficient (Wildman–Crippen LogP) is 4.55. The topological polar surface area (TPSA) is 36.4 Å². The Hall–Kier alpha value is -0.610. The number of aliphatic hydroxyl groups is 1. The molecule has 1 saturated carbocycles. The quantitative estimate of drug-likeness (QED) is 0.866. The molecule has 0 radical (unpaired) electrons. The second kappa shape index (κ2) is 6.66. The van der Waals surface area contributed by atoms with Crippen LogP contribution >= 0.6 is 11.3 Å². The van der Waals surface area contributed by atoms with Crippen LogP contribution in [0.3, 0.4) is 0 Å². The molecule has 1 atom stereocenters. The number of nitrogens with zero attached hydrogens (tertiary/aromatic N) is 2. The fourth-order valence-corrected chi connectivity index (χ4v) is 4.19. The summed E-state index contributed by atoms with van der Waals surface area (Å²) in [7, 11) is 2.17. The van der Waals surface area contributed by atoms with Crippen molar-refractivity contribution in [2.24, 2.45) is 5.41 Å². The number of aromatic nitrogens is 1. The molecule has 3 nitrogen and oxygen atoms in total. The van der Waals surface area contributed by atoms with Crippen LogP contribution in [0.4, 0.5) is 5.13 Å². The Morgan fingerprint density at radius 1 is 1.38 bits per heavy atom. The summed E-state index contributed by atoms with van der Waals surface area (Å²) in [4.78, 5) is 8.24. The van der Waals surface area contributed by atoms with E-state index in [1.54, 1.807) is 11.3 Å². The zero-order valence-corrected chi connectivity index (χ0v) is 15.0. The lowest BCUT2D eigenvalue weighted by molar-refractivity contribution is 0.222. The third-order valence-electron chi connectivity index (χ3n) is 5.10. The van der Waals surface area contributed by atoms with Gasteiger partial charge < -0.3 is 10.0 Å². The van der Waals surface area contributed by atoms with Crippen molar-refractivity contribution in [3.05, 3.63) is 10.6 Å². The van der Waals surface area contributed by atoms with E-state index in [9.17, 15) is 5.11 Å². The lowest BCUT2D eigenvalue weighted by Crippen LogP contribution is -2.37. The summed E-state index contributed by atoms with van der Waals surface area (Å²) in [5.41, 5.74) is 1.60. The number of hydrogen-bond acceptors (Lipinski definition) is 4. The molecule has 0 amide bonds. The molecule has 1 fully saturated rings. The van der Waals surface area contributed by atoms with E-state index in [0.717, 1.165) is 22.1 Å². The van der Waals surface area contributed by atoms with Crippen molar-refractivity contribution >= 4 is 16.5 Å². The SMILES string of the molecule is CCC(C)c1nc(N(C)C2CCC(C)(C)CC2)sc1CO. The third-order valence-corrected chi connectivity index (χ3v) is 6.24. The van der Waals surface area contributed by atoms with Crippen molar-refractivity contribution in [2.75, 3.05) is 11.9 Å². The van der Waals surface area contributed by atoms with Crippen LogP contribution in [0.5, 0.6) is 0 Å². The summed E-state index contributed by atoms with van der Waals surface area (Å²) in [6.45, 7) is 9.23. The van der Waals surface area contributed by atoms with Gasteiger partial charge in [0.2, 0.25) is 0 Å². The van der Waals surface area contributed by atoms with E-state index in [-0.39, 0.29) is 6.61 Å². The van der Waals surface area contributed by atoms with Gasteiger partial charge in [-0.1, -0.05) is 39.0 Å². The van der Waals surface area contributed by atoms with E-state index in [0.29, 0.717) is 17.4 Å². The zero-order valence-electron chi connectivity index (χ0n) is 14.1. The predicted molar refractivity (Wildman–Crippen MR) is 91.2 cm³/mol. The first-order chi connectivity index (χ1) is 9.88. The number of thiazole rings is 1. The van der Waals surface area contributed by atoms with Crippen LogP contribution in [-0.2, 0) is 6.61 Å². The zero-order chi connectivity index (χ0) is 15.6. The Balaban J connectivity index is 2.12. The maximum Gasteiger partial charge on any atom is 0.185 e. The number of rotatable bonds is 5. The van der Waals surface area contributed by atoms with Gasteiger partial charge in [-0.2, -0.15) is 0 Å². The van der Waals surface area contributed by atoms with Gasteiger partial charge in [0.1, 0.15) is 0 Å². The summed E-state index contributed by atoms with van der Waals surface area (Å²) in [6, 6.07) is 0.598. The first-order valence-electron chi connectivity index (χ1n) is 8.21. The highest BCUT2D eigenvalue weighted by atomic mass is 32.1. The van der Waals surface area contributed by atoms with Crippen LogP contribution in [0.15, 0.2) is 0 Å². The second-order valence-electron chi connectivity index (χ2n) is 7.28. The van der Waals surface area contributed by atoms with Crippen molar-refractivity contribution in [1.29, 1.82) is 0 Å². The summed E-state index contributed by atoms with van der Waals surface area (Å²) < 4.78 is 0. The van der Waals surface area contributed by atoms with Gasteiger partial charge in [0.05, 0.1) is 17.2 Å². The number of aliphatic hydroxyl groups excluding tert-OH is 1. The molecule has 1 aliphatic rings. The number of hydrogen-bond donors (Lipinski definition) is 1. The maximum absolute atomic E-state index is 9.59. The first kappa shape index (κ1) is 16.8. The van der Waals surface area contributed by atoms with Crippen molar-refractivity contribution in [3.8, 4) is 0 Å². The lowest BCUT2D eigenvalue weighted by Gasteiger charge is -2.38.